The molecule has 1 amide bonds. The lowest BCUT2D eigenvalue weighted by molar-refractivity contribution is -0.137. The Labute approximate surface area is 169 Å². The molecule has 10 heteroatoms. The Morgan fingerprint density at radius 1 is 1.13 bits per heavy atom. The lowest BCUT2D eigenvalue weighted by Gasteiger charge is -2.18. The fourth-order valence-electron chi connectivity index (χ4n) is 3.36. The summed E-state index contributed by atoms with van der Waals surface area (Å²) in [5.41, 5.74) is 5.61. The first-order valence-corrected chi connectivity index (χ1v) is 9.19. The van der Waals surface area contributed by atoms with E-state index in [1.165, 1.54) is 12.1 Å². The molecule has 0 aliphatic carbocycles. The number of nitrogens with two attached hydrogens (primary N) is 1. The Kier molecular flexibility index (Phi) is 4.94. The van der Waals surface area contributed by atoms with Crippen molar-refractivity contribution >= 4 is 17.3 Å². The number of anilines is 2. The Morgan fingerprint density at radius 3 is 2.50 bits per heavy atom. The van der Waals surface area contributed by atoms with Crippen LogP contribution in [0, 0.1) is 0 Å². The third kappa shape index (κ3) is 3.50. The Bertz CT molecular complexity index is 1060. The normalized spacial score (nSPS) is 19.0. The van der Waals surface area contributed by atoms with Gasteiger partial charge in [-0.1, -0.05) is 12.1 Å². The molecule has 3 aromatic rings. The zero-order valence-electron chi connectivity index (χ0n) is 15.7. The molecule has 1 atom stereocenters. The molecule has 2 heterocycles. The second-order valence-corrected chi connectivity index (χ2v) is 6.95. The number of halogens is 3. The van der Waals surface area contributed by atoms with E-state index >= 15 is 0 Å². The third-order valence-corrected chi connectivity index (χ3v) is 5.10. The largest absolute Gasteiger partial charge is 0.419 e. The molecule has 30 heavy (non-hydrogen) atoms. The summed E-state index contributed by atoms with van der Waals surface area (Å²) in [7, 11) is 0. The molecule has 1 fully saturated rings. The molecule has 7 nitrogen and oxygen atoms in total. The van der Waals surface area contributed by atoms with Crippen molar-refractivity contribution in [1.82, 2.24) is 15.5 Å². The predicted molar refractivity (Wildman–Crippen MR) is 103 cm³/mol. The van der Waals surface area contributed by atoms with Gasteiger partial charge in [-0.2, -0.15) is 13.2 Å². The van der Waals surface area contributed by atoms with Crippen LogP contribution in [0.15, 0.2) is 52.9 Å². The zero-order valence-corrected chi connectivity index (χ0v) is 15.7. The second-order valence-electron chi connectivity index (χ2n) is 6.95. The Balaban J connectivity index is 1.63. The van der Waals surface area contributed by atoms with Gasteiger partial charge in [-0.05, 0) is 42.8 Å². The van der Waals surface area contributed by atoms with Crippen LogP contribution in [-0.2, 0) is 16.4 Å². The van der Waals surface area contributed by atoms with Gasteiger partial charge in [-0.15, -0.1) is 10.2 Å². The summed E-state index contributed by atoms with van der Waals surface area (Å²) < 4.78 is 44.1. The van der Waals surface area contributed by atoms with Crippen molar-refractivity contribution in [3.8, 4) is 11.5 Å². The topological polar surface area (TPSA) is 106 Å². The van der Waals surface area contributed by atoms with E-state index in [1.54, 1.807) is 24.3 Å². The molecule has 2 aromatic carbocycles. The monoisotopic (exact) mass is 417 g/mol. The highest BCUT2D eigenvalue weighted by Crippen LogP contribution is 2.35. The lowest BCUT2D eigenvalue weighted by atomic mass is 9.86. The van der Waals surface area contributed by atoms with Crippen molar-refractivity contribution in [1.29, 1.82) is 0 Å². The van der Waals surface area contributed by atoms with Crippen LogP contribution in [0.3, 0.4) is 0 Å². The van der Waals surface area contributed by atoms with E-state index < -0.39 is 17.2 Å². The van der Waals surface area contributed by atoms with Gasteiger partial charge in [0.15, 0.2) is 0 Å². The van der Waals surface area contributed by atoms with E-state index in [0.29, 0.717) is 29.9 Å². The van der Waals surface area contributed by atoms with Gasteiger partial charge >= 0.3 is 6.18 Å². The minimum atomic E-state index is -4.40. The molecule has 156 valence electrons. The third-order valence-electron chi connectivity index (χ3n) is 5.10. The quantitative estimate of drug-likeness (QED) is 0.589. The van der Waals surface area contributed by atoms with Crippen molar-refractivity contribution in [3.05, 3.63) is 60.0 Å². The molecule has 4 rings (SSSR count). The van der Waals surface area contributed by atoms with E-state index in [4.69, 9.17) is 10.2 Å². The van der Waals surface area contributed by atoms with Crippen molar-refractivity contribution < 1.29 is 22.4 Å². The van der Waals surface area contributed by atoms with Crippen molar-refractivity contribution in [3.63, 3.8) is 0 Å². The standard InChI is InChI=1S/C20H18F3N5O2/c21-20(22,23)12-5-7-13(8-6-12)26-15-4-2-1-3-14(15)16-27-28-18(30-16)19(11-24)9-10-25-17(19)29/h1-8,26H,9-11,24H2,(H,25,29)/t19-/m1/s1. The molecule has 1 aliphatic rings. The SMILES string of the molecule is NC[C@]1(c2nnc(-c3ccccc3Nc3ccc(C(F)(F)F)cc3)o2)CCNC1=O. The predicted octanol–water partition coefficient (Wildman–Crippen LogP) is 3.22. The molecular formula is C20H18F3N5O2. The number of rotatable bonds is 5. The molecule has 1 aliphatic heterocycles. The van der Waals surface area contributed by atoms with Crippen molar-refractivity contribution in [2.24, 2.45) is 5.73 Å². The Morgan fingerprint density at radius 2 is 1.87 bits per heavy atom. The van der Waals surface area contributed by atoms with Crippen LogP contribution in [0.5, 0.6) is 0 Å². The zero-order chi connectivity index (χ0) is 21.4. The average Bonchev–Trinajstić information content (AvgIpc) is 3.35. The van der Waals surface area contributed by atoms with Gasteiger partial charge in [0.25, 0.3) is 0 Å². The van der Waals surface area contributed by atoms with Gasteiger partial charge in [-0.3, -0.25) is 4.79 Å². The molecule has 0 spiro atoms. The molecule has 0 bridgehead atoms. The van der Waals surface area contributed by atoms with Crippen LogP contribution in [0.25, 0.3) is 11.5 Å². The average molecular weight is 417 g/mol. The Hall–Kier alpha value is -3.40. The minimum Gasteiger partial charge on any atom is -0.419 e. The van der Waals surface area contributed by atoms with Gasteiger partial charge in [-0.25, -0.2) is 0 Å². The van der Waals surface area contributed by atoms with E-state index in [9.17, 15) is 18.0 Å². The first-order chi connectivity index (χ1) is 14.3. The summed E-state index contributed by atoms with van der Waals surface area (Å²) >= 11 is 0. The number of nitrogens with one attached hydrogen (secondary N) is 2. The number of benzene rings is 2. The number of hydrogen-bond acceptors (Lipinski definition) is 6. The summed E-state index contributed by atoms with van der Waals surface area (Å²) in [6.07, 6.45) is -3.95. The van der Waals surface area contributed by atoms with Gasteiger partial charge in [0.1, 0.15) is 5.41 Å². The molecule has 0 saturated carbocycles. The van der Waals surface area contributed by atoms with Crippen LogP contribution in [0.4, 0.5) is 24.5 Å². The number of carbonyl (C=O) groups is 1. The first-order valence-electron chi connectivity index (χ1n) is 9.19. The minimum absolute atomic E-state index is 0.0336. The number of alkyl halides is 3. The van der Waals surface area contributed by atoms with Gasteiger partial charge < -0.3 is 20.8 Å². The fraction of sp³-hybridized carbons (Fsp3) is 0.250. The van der Waals surface area contributed by atoms with Crippen LogP contribution >= 0.6 is 0 Å². The maximum absolute atomic E-state index is 12.8. The fourth-order valence-corrected chi connectivity index (χ4v) is 3.36. The van der Waals surface area contributed by atoms with E-state index in [0.717, 1.165) is 12.1 Å². The maximum atomic E-state index is 12.8. The van der Waals surface area contributed by atoms with Crippen molar-refractivity contribution in [2.75, 3.05) is 18.4 Å². The summed E-state index contributed by atoms with van der Waals surface area (Å²) in [5.74, 6) is 0.0586. The number of hydrogen-bond donors (Lipinski definition) is 3. The summed E-state index contributed by atoms with van der Waals surface area (Å²) in [6, 6.07) is 11.7. The summed E-state index contributed by atoms with van der Waals surface area (Å²) in [5, 5.41) is 13.9. The van der Waals surface area contributed by atoms with Gasteiger partial charge in [0.05, 0.1) is 16.8 Å². The van der Waals surface area contributed by atoms with Crippen LogP contribution in [0.2, 0.25) is 0 Å². The second kappa shape index (κ2) is 7.45. The van der Waals surface area contributed by atoms with Crippen LogP contribution < -0.4 is 16.4 Å². The maximum Gasteiger partial charge on any atom is 0.416 e. The smallest absolute Gasteiger partial charge is 0.416 e. The van der Waals surface area contributed by atoms with Crippen LogP contribution in [0.1, 0.15) is 17.9 Å². The van der Waals surface area contributed by atoms with E-state index in [1.807, 2.05) is 0 Å². The lowest BCUT2D eigenvalue weighted by Crippen LogP contribution is -2.42. The molecule has 1 saturated heterocycles. The molecule has 1 aromatic heterocycles. The highest BCUT2D eigenvalue weighted by Gasteiger charge is 2.47. The molecule has 4 N–H and O–H groups in total. The highest BCUT2D eigenvalue weighted by atomic mass is 19.4. The number of amides is 1. The molecule has 0 unspecified atom stereocenters. The number of carbonyl (C=O) groups excluding carboxylic acids is 1. The molecule has 0 radical (unpaired) electrons. The number of nitrogens with zero attached hydrogens (tertiary/aromatic N) is 2. The van der Waals surface area contributed by atoms with Gasteiger partial charge in [0, 0.05) is 18.8 Å². The van der Waals surface area contributed by atoms with Crippen molar-refractivity contribution in [2.45, 2.75) is 18.0 Å². The number of para-hydroxylation sites is 1. The first kappa shape index (κ1) is 19.9. The van der Waals surface area contributed by atoms with Crippen LogP contribution in [-0.4, -0.2) is 29.2 Å². The summed E-state index contributed by atoms with van der Waals surface area (Å²) in [4.78, 5) is 12.3. The number of aromatic nitrogens is 2. The van der Waals surface area contributed by atoms with Gasteiger partial charge in [0.2, 0.25) is 17.7 Å². The van der Waals surface area contributed by atoms with E-state index in [-0.39, 0.29) is 24.2 Å². The summed E-state index contributed by atoms with van der Waals surface area (Å²) in [6.45, 7) is 0.506. The highest BCUT2D eigenvalue weighted by molar-refractivity contribution is 5.89. The van der Waals surface area contributed by atoms with E-state index in [2.05, 4.69) is 20.8 Å². The molecular weight excluding hydrogens is 399 g/mol.